The van der Waals surface area contributed by atoms with Crippen LogP contribution in [0, 0.1) is 12.8 Å². The van der Waals surface area contributed by atoms with Gasteiger partial charge in [-0.15, -0.1) is 0 Å². The molecule has 1 aromatic carbocycles. The van der Waals surface area contributed by atoms with E-state index in [0.29, 0.717) is 11.1 Å². The summed E-state index contributed by atoms with van der Waals surface area (Å²) in [6.07, 6.45) is 5.19. The van der Waals surface area contributed by atoms with Crippen molar-refractivity contribution in [1.82, 2.24) is 9.55 Å². The smallest absolute Gasteiger partial charge is 0.337 e. The van der Waals surface area contributed by atoms with Crippen LogP contribution in [0.3, 0.4) is 0 Å². The van der Waals surface area contributed by atoms with Gasteiger partial charge in [0.05, 0.1) is 11.1 Å². The van der Waals surface area contributed by atoms with Crippen molar-refractivity contribution in [3.8, 4) is 0 Å². The van der Waals surface area contributed by atoms with Crippen molar-refractivity contribution in [3.05, 3.63) is 29.6 Å². The first-order chi connectivity index (χ1) is 9.16. The number of imidazole rings is 1. The lowest BCUT2D eigenvalue weighted by Crippen LogP contribution is -2.01. The molecule has 1 heterocycles. The van der Waals surface area contributed by atoms with Crippen molar-refractivity contribution in [1.29, 1.82) is 0 Å². The van der Waals surface area contributed by atoms with E-state index >= 15 is 0 Å². The van der Waals surface area contributed by atoms with Gasteiger partial charge in [0.25, 0.3) is 0 Å². The first-order valence-corrected chi connectivity index (χ1v) is 6.86. The molecule has 0 aliphatic heterocycles. The molecule has 0 spiro atoms. The van der Waals surface area contributed by atoms with Gasteiger partial charge in [-0.3, -0.25) is 0 Å². The Morgan fingerprint density at radius 2 is 2.26 bits per heavy atom. The SMILES string of the molecule is Cc1nc2c(C(=O)O)cccc2n1CCCC1CC1. The number of fused-ring (bicyclic) bond motifs is 1. The molecular formula is C15H18N2O2. The third-order valence-corrected chi connectivity index (χ3v) is 3.89. The van der Waals surface area contributed by atoms with Crippen molar-refractivity contribution in [3.63, 3.8) is 0 Å². The summed E-state index contributed by atoms with van der Waals surface area (Å²) < 4.78 is 2.14. The van der Waals surface area contributed by atoms with Crippen LogP contribution in [0.25, 0.3) is 11.0 Å². The summed E-state index contributed by atoms with van der Waals surface area (Å²) in [6, 6.07) is 5.37. The van der Waals surface area contributed by atoms with Crippen molar-refractivity contribution in [2.45, 2.75) is 39.2 Å². The summed E-state index contributed by atoms with van der Waals surface area (Å²) in [6.45, 7) is 2.88. The maximum absolute atomic E-state index is 11.2. The second-order valence-electron chi connectivity index (χ2n) is 5.37. The van der Waals surface area contributed by atoms with Crippen molar-refractivity contribution >= 4 is 17.0 Å². The summed E-state index contributed by atoms with van der Waals surface area (Å²) in [5.74, 6) is 0.928. The van der Waals surface area contributed by atoms with Crippen LogP contribution in [-0.4, -0.2) is 20.6 Å². The van der Waals surface area contributed by atoms with Gasteiger partial charge in [0.1, 0.15) is 11.3 Å². The molecule has 3 rings (SSSR count). The topological polar surface area (TPSA) is 55.1 Å². The van der Waals surface area contributed by atoms with Gasteiger partial charge >= 0.3 is 5.97 Å². The first-order valence-electron chi connectivity index (χ1n) is 6.86. The Bertz CT molecular complexity index is 626. The zero-order chi connectivity index (χ0) is 13.4. The van der Waals surface area contributed by atoms with Crippen molar-refractivity contribution in [2.24, 2.45) is 5.92 Å². The number of hydrogen-bond donors (Lipinski definition) is 1. The number of para-hydroxylation sites is 1. The lowest BCUT2D eigenvalue weighted by atomic mass is 10.2. The van der Waals surface area contributed by atoms with Gasteiger partial charge in [-0.25, -0.2) is 9.78 Å². The zero-order valence-electron chi connectivity index (χ0n) is 11.1. The summed E-state index contributed by atoms with van der Waals surface area (Å²) >= 11 is 0. The number of rotatable bonds is 5. The summed E-state index contributed by atoms with van der Waals surface area (Å²) in [7, 11) is 0. The lowest BCUT2D eigenvalue weighted by molar-refractivity contribution is 0.0699. The van der Waals surface area contributed by atoms with E-state index in [2.05, 4.69) is 9.55 Å². The second-order valence-corrected chi connectivity index (χ2v) is 5.37. The fourth-order valence-electron chi connectivity index (χ4n) is 2.66. The molecule has 0 atom stereocenters. The summed E-state index contributed by atoms with van der Waals surface area (Å²) in [5.41, 5.74) is 1.84. The van der Waals surface area contributed by atoms with Gasteiger partial charge in [0.2, 0.25) is 0 Å². The van der Waals surface area contributed by atoms with Gasteiger partial charge < -0.3 is 9.67 Å². The van der Waals surface area contributed by atoms with Gasteiger partial charge in [0, 0.05) is 6.54 Å². The molecule has 4 heteroatoms. The number of carboxylic acid groups (broad SMARTS) is 1. The highest BCUT2D eigenvalue weighted by Gasteiger charge is 2.21. The molecule has 1 N–H and O–H groups in total. The van der Waals surface area contributed by atoms with Gasteiger partial charge in [-0.05, 0) is 37.8 Å². The molecule has 1 saturated carbocycles. The van der Waals surface area contributed by atoms with Crippen molar-refractivity contribution in [2.75, 3.05) is 0 Å². The third-order valence-electron chi connectivity index (χ3n) is 3.89. The number of benzene rings is 1. The maximum Gasteiger partial charge on any atom is 0.337 e. The first kappa shape index (κ1) is 12.2. The quantitative estimate of drug-likeness (QED) is 0.895. The number of carbonyl (C=O) groups is 1. The predicted molar refractivity (Wildman–Crippen MR) is 73.4 cm³/mol. The van der Waals surface area contributed by atoms with E-state index in [1.807, 2.05) is 13.0 Å². The largest absolute Gasteiger partial charge is 0.478 e. The predicted octanol–water partition coefficient (Wildman–Crippen LogP) is 3.23. The van der Waals surface area contributed by atoms with Crippen LogP contribution in [0.15, 0.2) is 18.2 Å². The van der Waals surface area contributed by atoms with Crippen LogP contribution >= 0.6 is 0 Å². The fourth-order valence-corrected chi connectivity index (χ4v) is 2.66. The monoisotopic (exact) mass is 258 g/mol. The number of aromatic nitrogens is 2. The number of hydrogen-bond acceptors (Lipinski definition) is 2. The number of nitrogens with zero attached hydrogens (tertiary/aromatic N) is 2. The molecule has 1 fully saturated rings. The molecule has 1 aliphatic rings. The van der Waals surface area contributed by atoms with Crippen LogP contribution in [-0.2, 0) is 6.54 Å². The number of aromatic carboxylic acids is 1. The molecule has 4 nitrogen and oxygen atoms in total. The van der Waals surface area contributed by atoms with E-state index in [1.165, 1.54) is 19.3 Å². The fraction of sp³-hybridized carbons (Fsp3) is 0.467. The highest BCUT2D eigenvalue weighted by Crippen LogP contribution is 2.33. The van der Waals surface area contributed by atoms with Crippen LogP contribution in [0.1, 0.15) is 41.9 Å². The molecule has 100 valence electrons. The Labute approximate surface area is 112 Å². The number of carboxylic acids is 1. The maximum atomic E-state index is 11.2. The van der Waals surface area contributed by atoms with E-state index in [1.54, 1.807) is 12.1 Å². The standard InChI is InChI=1S/C15H18N2O2/c1-10-16-14-12(15(18)19)5-2-6-13(14)17(10)9-3-4-11-7-8-11/h2,5-6,11H,3-4,7-9H2,1H3,(H,18,19). The second kappa shape index (κ2) is 4.68. The normalized spacial score (nSPS) is 15.0. The van der Waals surface area contributed by atoms with Crippen LogP contribution in [0.2, 0.25) is 0 Å². The molecule has 2 aromatic rings. The highest BCUT2D eigenvalue weighted by atomic mass is 16.4. The number of aryl methyl sites for hydroxylation is 2. The molecular weight excluding hydrogens is 240 g/mol. The van der Waals surface area contributed by atoms with E-state index < -0.39 is 5.97 Å². The highest BCUT2D eigenvalue weighted by molar-refractivity contribution is 6.01. The molecule has 1 aliphatic carbocycles. The average molecular weight is 258 g/mol. The van der Waals surface area contributed by atoms with E-state index in [9.17, 15) is 9.90 Å². The molecule has 0 amide bonds. The van der Waals surface area contributed by atoms with Crippen LogP contribution in [0.4, 0.5) is 0 Å². The Morgan fingerprint density at radius 1 is 1.47 bits per heavy atom. The van der Waals surface area contributed by atoms with Gasteiger partial charge in [0.15, 0.2) is 0 Å². The van der Waals surface area contributed by atoms with Gasteiger partial charge in [-0.1, -0.05) is 18.9 Å². The van der Waals surface area contributed by atoms with Gasteiger partial charge in [-0.2, -0.15) is 0 Å². The minimum atomic E-state index is -0.909. The molecule has 1 aromatic heterocycles. The molecule has 0 radical (unpaired) electrons. The Hall–Kier alpha value is -1.84. The summed E-state index contributed by atoms with van der Waals surface area (Å²) in [5, 5.41) is 9.19. The van der Waals surface area contributed by atoms with E-state index in [4.69, 9.17) is 0 Å². The van der Waals surface area contributed by atoms with E-state index in [-0.39, 0.29) is 0 Å². The molecule has 19 heavy (non-hydrogen) atoms. The molecule has 0 bridgehead atoms. The lowest BCUT2D eigenvalue weighted by Gasteiger charge is -2.06. The molecule has 0 saturated heterocycles. The Morgan fingerprint density at radius 3 is 2.95 bits per heavy atom. The zero-order valence-corrected chi connectivity index (χ0v) is 11.1. The minimum Gasteiger partial charge on any atom is -0.478 e. The molecule has 0 unspecified atom stereocenters. The summed E-state index contributed by atoms with van der Waals surface area (Å²) in [4.78, 5) is 15.6. The minimum absolute atomic E-state index is 0.293. The van der Waals surface area contributed by atoms with Crippen LogP contribution in [0.5, 0.6) is 0 Å². The average Bonchev–Trinajstić information content (AvgIpc) is 3.13. The van der Waals surface area contributed by atoms with Crippen LogP contribution < -0.4 is 0 Å². The Kier molecular flexibility index (Phi) is 3.01. The van der Waals surface area contributed by atoms with Crippen molar-refractivity contribution < 1.29 is 9.90 Å². The van der Waals surface area contributed by atoms with E-state index in [0.717, 1.165) is 30.2 Å². The Balaban J connectivity index is 1.92. The third kappa shape index (κ3) is 2.35.